The van der Waals surface area contributed by atoms with Gasteiger partial charge in [-0.15, -0.1) is 0 Å². The normalized spacial score (nSPS) is 19.2. The van der Waals surface area contributed by atoms with E-state index >= 15 is 0 Å². The van der Waals surface area contributed by atoms with Crippen LogP contribution in [0.2, 0.25) is 10.0 Å². The fraction of sp³-hybridized carbons (Fsp3) is 0.393. The van der Waals surface area contributed by atoms with Gasteiger partial charge in [0.2, 0.25) is 0 Å². The van der Waals surface area contributed by atoms with Crippen molar-refractivity contribution in [3.05, 3.63) is 69.2 Å². The number of carboxylic acids is 1. The monoisotopic (exact) mass is 530 g/mol. The van der Waals surface area contributed by atoms with Gasteiger partial charge in [0.15, 0.2) is 11.9 Å². The number of halogens is 2. The summed E-state index contributed by atoms with van der Waals surface area (Å²) in [5.74, 6) is -1.30. The number of esters is 1. The van der Waals surface area contributed by atoms with E-state index in [1.165, 1.54) is 0 Å². The Balaban J connectivity index is 1.43. The number of carbonyl (C=O) groups excluding carboxylic acids is 2. The topological polar surface area (TPSA) is 89.9 Å². The minimum atomic E-state index is -1.21. The number of allylic oxidation sites excluding steroid dienone is 2. The fourth-order valence-corrected chi connectivity index (χ4v) is 5.57. The van der Waals surface area contributed by atoms with Crippen molar-refractivity contribution < 1.29 is 29.0 Å². The predicted octanol–water partition coefficient (Wildman–Crippen LogP) is 6.44. The Morgan fingerprint density at radius 2 is 1.92 bits per heavy atom. The Kier molecular flexibility index (Phi) is 8.06. The van der Waals surface area contributed by atoms with Gasteiger partial charge < -0.3 is 14.6 Å². The first kappa shape index (κ1) is 26.2. The molecular weight excluding hydrogens is 503 g/mol. The van der Waals surface area contributed by atoms with Crippen LogP contribution in [0.4, 0.5) is 0 Å². The first-order valence-electron chi connectivity index (χ1n) is 12.1. The molecule has 0 bridgehead atoms. The van der Waals surface area contributed by atoms with Crippen LogP contribution in [-0.2, 0) is 32.1 Å². The summed E-state index contributed by atoms with van der Waals surface area (Å²) in [6.07, 6.45) is 3.69. The zero-order valence-corrected chi connectivity index (χ0v) is 21.5. The van der Waals surface area contributed by atoms with Gasteiger partial charge in [0.1, 0.15) is 17.4 Å². The number of benzene rings is 2. The highest BCUT2D eigenvalue weighted by atomic mass is 35.5. The van der Waals surface area contributed by atoms with Gasteiger partial charge in [-0.25, -0.2) is 4.79 Å². The number of carbonyl (C=O) groups is 3. The molecule has 2 aromatic carbocycles. The maximum Gasteiger partial charge on any atom is 0.344 e. The van der Waals surface area contributed by atoms with Crippen LogP contribution in [0, 0.1) is 5.41 Å². The summed E-state index contributed by atoms with van der Waals surface area (Å²) >= 11 is 13.2. The van der Waals surface area contributed by atoms with Gasteiger partial charge in [0, 0.05) is 23.8 Å². The van der Waals surface area contributed by atoms with Gasteiger partial charge in [-0.1, -0.05) is 60.5 Å². The average molecular weight is 531 g/mol. The summed E-state index contributed by atoms with van der Waals surface area (Å²) in [4.78, 5) is 36.1. The Bertz CT molecular complexity index is 1210. The Labute approximate surface area is 220 Å². The molecule has 0 aromatic heterocycles. The van der Waals surface area contributed by atoms with Gasteiger partial charge in [-0.3, -0.25) is 9.59 Å². The molecule has 0 spiro atoms. The molecule has 2 aliphatic carbocycles. The van der Waals surface area contributed by atoms with E-state index in [-0.39, 0.29) is 52.9 Å². The van der Waals surface area contributed by atoms with Crippen LogP contribution >= 0.6 is 23.2 Å². The third kappa shape index (κ3) is 5.45. The number of rotatable bonds is 10. The second-order valence-corrected chi connectivity index (χ2v) is 10.1. The van der Waals surface area contributed by atoms with Crippen molar-refractivity contribution >= 4 is 46.5 Å². The first-order valence-corrected chi connectivity index (χ1v) is 12.8. The van der Waals surface area contributed by atoms with Crippen molar-refractivity contribution in [3.63, 3.8) is 0 Å². The Morgan fingerprint density at radius 3 is 2.61 bits per heavy atom. The molecule has 6 nitrogen and oxygen atoms in total. The second-order valence-electron chi connectivity index (χ2n) is 9.36. The standard InChI is InChI=1S/C28H28Cl2O6/c1-2-28-12-11-19(31)14-20(28)24-18(15-28)13-22(25(29)26(24)30)36-21(27(33)34)9-6-10-23(32)35-16-17-7-4-3-5-8-17/h3-5,7-8,13-14,21H,2,6,9-12,15-16H2,1H3,(H,33,34). The SMILES string of the molecule is CCC12CCC(=O)C=C1c1c(cc(OC(CCCC(=O)OCc3ccccc3)C(=O)O)c(Cl)c1Cl)C2. The zero-order valence-electron chi connectivity index (χ0n) is 20.0. The smallest absolute Gasteiger partial charge is 0.344 e. The maximum absolute atomic E-state index is 12.1. The number of aliphatic carboxylic acids is 1. The van der Waals surface area contributed by atoms with E-state index in [2.05, 4.69) is 6.92 Å². The van der Waals surface area contributed by atoms with Crippen molar-refractivity contribution in [2.24, 2.45) is 5.41 Å². The fourth-order valence-electron chi connectivity index (χ4n) is 5.06. The molecule has 190 valence electrons. The third-order valence-electron chi connectivity index (χ3n) is 7.09. The molecule has 0 radical (unpaired) electrons. The molecule has 2 aromatic rings. The van der Waals surface area contributed by atoms with Crippen molar-refractivity contribution in [1.29, 1.82) is 0 Å². The van der Waals surface area contributed by atoms with E-state index in [0.29, 0.717) is 12.8 Å². The van der Waals surface area contributed by atoms with E-state index in [1.54, 1.807) is 12.1 Å². The molecule has 0 aliphatic heterocycles. The molecule has 1 N–H and O–H groups in total. The number of fused-ring (bicyclic) bond motifs is 3. The van der Waals surface area contributed by atoms with Gasteiger partial charge >= 0.3 is 11.9 Å². The molecule has 8 heteroatoms. The van der Waals surface area contributed by atoms with Crippen molar-refractivity contribution in [2.45, 2.75) is 64.6 Å². The highest BCUT2D eigenvalue weighted by molar-refractivity contribution is 6.44. The summed E-state index contributed by atoms with van der Waals surface area (Å²) in [6.45, 7) is 2.26. The molecular formula is C28H28Cl2O6. The van der Waals surface area contributed by atoms with Crippen LogP contribution in [0.3, 0.4) is 0 Å². The molecule has 2 atom stereocenters. The lowest BCUT2D eigenvalue weighted by Crippen LogP contribution is -2.27. The van der Waals surface area contributed by atoms with Crippen molar-refractivity contribution in [1.82, 2.24) is 0 Å². The van der Waals surface area contributed by atoms with Gasteiger partial charge in [0.25, 0.3) is 0 Å². The van der Waals surface area contributed by atoms with Crippen molar-refractivity contribution in [2.75, 3.05) is 0 Å². The average Bonchev–Trinajstić information content (AvgIpc) is 3.19. The summed E-state index contributed by atoms with van der Waals surface area (Å²) < 4.78 is 11.1. The highest BCUT2D eigenvalue weighted by Crippen LogP contribution is 2.57. The summed E-state index contributed by atoms with van der Waals surface area (Å²) in [7, 11) is 0. The van der Waals surface area contributed by atoms with Crippen LogP contribution in [0.5, 0.6) is 5.75 Å². The van der Waals surface area contributed by atoms with E-state index in [4.69, 9.17) is 32.7 Å². The number of ketones is 1. The second kappa shape index (κ2) is 11.1. The van der Waals surface area contributed by atoms with Crippen LogP contribution < -0.4 is 4.74 Å². The lowest BCUT2D eigenvalue weighted by atomic mass is 9.71. The summed E-state index contributed by atoms with van der Waals surface area (Å²) in [5, 5.41) is 10.1. The van der Waals surface area contributed by atoms with Gasteiger partial charge in [0.05, 0.1) is 5.02 Å². The molecule has 0 fully saturated rings. The van der Waals surface area contributed by atoms with Crippen molar-refractivity contribution in [3.8, 4) is 5.75 Å². The lowest BCUT2D eigenvalue weighted by Gasteiger charge is -2.32. The Hall–Kier alpha value is -2.83. The minimum absolute atomic E-state index is 0.0693. The Morgan fingerprint density at radius 1 is 1.17 bits per heavy atom. The number of carboxylic acid groups (broad SMARTS) is 1. The van der Waals surface area contributed by atoms with E-state index in [1.807, 2.05) is 30.3 Å². The molecule has 0 saturated heterocycles. The zero-order chi connectivity index (χ0) is 25.9. The maximum atomic E-state index is 12.1. The van der Waals surface area contributed by atoms with E-state index in [9.17, 15) is 19.5 Å². The molecule has 36 heavy (non-hydrogen) atoms. The summed E-state index contributed by atoms with van der Waals surface area (Å²) in [6, 6.07) is 11.1. The van der Waals surface area contributed by atoms with Crippen LogP contribution in [0.15, 0.2) is 42.5 Å². The summed E-state index contributed by atoms with van der Waals surface area (Å²) in [5.41, 5.74) is 3.28. The van der Waals surface area contributed by atoms with Gasteiger partial charge in [-0.2, -0.15) is 0 Å². The molecule has 4 rings (SSSR count). The molecule has 2 aliphatic rings. The first-order chi connectivity index (χ1) is 17.2. The van der Waals surface area contributed by atoms with E-state index < -0.39 is 18.0 Å². The number of ether oxygens (including phenoxy) is 2. The van der Waals surface area contributed by atoms with Crippen LogP contribution in [0.1, 0.15) is 62.1 Å². The molecule has 0 heterocycles. The van der Waals surface area contributed by atoms with Gasteiger partial charge in [-0.05, 0) is 60.9 Å². The largest absolute Gasteiger partial charge is 0.479 e. The third-order valence-corrected chi connectivity index (χ3v) is 7.94. The highest BCUT2D eigenvalue weighted by Gasteiger charge is 2.45. The minimum Gasteiger partial charge on any atom is -0.479 e. The number of hydrogen-bond acceptors (Lipinski definition) is 5. The predicted molar refractivity (Wildman–Crippen MR) is 137 cm³/mol. The quantitative estimate of drug-likeness (QED) is 0.355. The molecule has 0 amide bonds. The van der Waals surface area contributed by atoms with Crippen LogP contribution in [0.25, 0.3) is 5.57 Å². The molecule has 0 saturated carbocycles. The van der Waals surface area contributed by atoms with Crippen LogP contribution in [-0.4, -0.2) is 28.9 Å². The molecule has 2 unspecified atom stereocenters. The lowest BCUT2D eigenvalue weighted by molar-refractivity contribution is -0.148. The number of hydrogen-bond donors (Lipinski definition) is 1. The van der Waals surface area contributed by atoms with E-state index in [0.717, 1.165) is 35.1 Å².